The first-order valence-electron chi connectivity index (χ1n) is 4.69. The Morgan fingerprint density at radius 2 is 1.85 bits per heavy atom. The highest BCUT2D eigenvalue weighted by atomic mass is 19.1. The summed E-state index contributed by atoms with van der Waals surface area (Å²) >= 11 is 0. The van der Waals surface area contributed by atoms with E-state index in [1.54, 1.807) is 0 Å². The maximum absolute atomic E-state index is 12.2. The molecule has 1 N–H and O–H groups in total. The standard InChI is InChI=1S/C10H20FNO/c1-7(2)6-8(10(3,4)5)12-9(11)13/h7-8H,6H2,1-5H3,(H,12,13). The van der Waals surface area contributed by atoms with Crippen LogP contribution in [0.15, 0.2) is 0 Å². The molecule has 0 rings (SSSR count). The van der Waals surface area contributed by atoms with Crippen molar-refractivity contribution in [2.45, 2.75) is 47.1 Å². The Labute approximate surface area is 79.9 Å². The van der Waals surface area contributed by atoms with Crippen LogP contribution in [-0.2, 0) is 0 Å². The maximum Gasteiger partial charge on any atom is 0.397 e. The number of amides is 1. The lowest BCUT2D eigenvalue weighted by Crippen LogP contribution is -2.42. The third kappa shape index (κ3) is 5.61. The SMILES string of the molecule is CC(C)CC(NC(=O)F)C(C)(C)C. The third-order valence-electron chi connectivity index (χ3n) is 2.04. The molecule has 0 aliphatic carbocycles. The molecule has 1 amide bonds. The van der Waals surface area contributed by atoms with Crippen LogP contribution < -0.4 is 5.32 Å². The van der Waals surface area contributed by atoms with Gasteiger partial charge in [-0.2, -0.15) is 0 Å². The van der Waals surface area contributed by atoms with Crippen molar-refractivity contribution in [3.63, 3.8) is 0 Å². The Hall–Kier alpha value is -0.600. The van der Waals surface area contributed by atoms with Crippen LogP contribution in [0.2, 0.25) is 0 Å². The molecule has 0 bridgehead atoms. The smallest absolute Gasteiger partial charge is 0.325 e. The Balaban J connectivity index is 4.28. The van der Waals surface area contributed by atoms with Crippen molar-refractivity contribution in [3.8, 4) is 0 Å². The fraction of sp³-hybridized carbons (Fsp3) is 0.900. The highest BCUT2D eigenvalue weighted by Crippen LogP contribution is 2.24. The molecule has 0 saturated heterocycles. The molecule has 0 aromatic heterocycles. The van der Waals surface area contributed by atoms with Crippen LogP contribution in [-0.4, -0.2) is 12.2 Å². The zero-order valence-corrected chi connectivity index (χ0v) is 9.15. The summed E-state index contributed by atoms with van der Waals surface area (Å²) in [6, 6.07) is -0.0926. The molecule has 0 radical (unpaired) electrons. The molecule has 0 aliphatic rings. The first-order valence-corrected chi connectivity index (χ1v) is 4.69. The van der Waals surface area contributed by atoms with Crippen LogP contribution >= 0.6 is 0 Å². The van der Waals surface area contributed by atoms with Gasteiger partial charge in [0, 0.05) is 6.04 Å². The van der Waals surface area contributed by atoms with Gasteiger partial charge in [0.15, 0.2) is 0 Å². The molecule has 0 saturated carbocycles. The molecule has 0 aromatic rings. The number of hydrogen-bond donors (Lipinski definition) is 1. The molecule has 0 aliphatic heterocycles. The summed E-state index contributed by atoms with van der Waals surface area (Å²) < 4.78 is 12.2. The minimum Gasteiger partial charge on any atom is -0.325 e. The van der Waals surface area contributed by atoms with Crippen LogP contribution in [0.4, 0.5) is 9.18 Å². The molecular formula is C10H20FNO. The predicted molar refractivity (Wildman–Crippen MR) is 52.3 cm³/mol. The highest BCUT2D eigenvalue weighted by Gasteiger charge is 2.26. The third-order valence-corrected chi connectivity index (χ3v) is 2.04. The van der Waals surface area contributed by atoms with Gasteiger partial charge in [0.2, 0.25) is 0 Å². The minimum absolute atomic E-state index is 0.0913. The van der Waals surface area contributed by atoms with Crippen molar-refractivity contribution in [1.82, 2.24) is 5.32 Å². The zero-order valence-electron chi connectivity index (χ0n) is 9.15. The predicted octanol–water partition coefficient (Wildman–Crippen LogP) is 3.13. The van der Waals surface area contributed by atoms with E-state index in [2.05, 4.69) is 19.2 Å². The monoisotopic (exact) mass is 189 g/mol. The Bertz CT molecular complexity index is 172. The van der Waals surface area contributed by atoms with Crippen LogP contribution in [0.3, 0.4) is 0 Å². The average Bonchev–Trinajstić information content (AvgIpc) is 1.81. The van der Waals surface area contributed by atoms with Gasteiger partial charge >= 0.3 is 6.16 Å². The quantitative estimate of drug-likeness (QED) is 0.536. The summed E-state index contributed by atoms with van der Waals surface area (Å²) in [5.74, 6) is 0.455. The van der Waals surface area contributed by atoms with Crippen LogP contribution in [0.25, 0.3) is 0 Å². The second-order valence-electron chi connectivity index (χ2n) is 4.97. The summed E-state index contributed by atoms with van der Waals surface area (Å²) in [6.07, 6.45) is -0.625. The molecule has 1 atom stereocenters. The number of halogens is 1. The first kappa shape index (κ1) is 12.4. The lowest BCUT2D eigenvalue weighted by molar-refractivity contribution is 0.190. The van der Waals surface area contributed by atoms with Gasteiger partial charge in [-0.15, -0.1) is 4.39 Å². The van der Waals surface area contributed by atoms with Crippen molar-refractivity contribution in [1.29, 1.82) is 0 Å². The summed E-state index contributed by atoms with van der Waals surface area (Å²) in [4.78, 5) is 10.3. The van der Waals surface area contributed by atoms with E-state index < -0.39 is 6.16 Å². The number of carbonyl (C=O) groups excluding carboxylic acids is 1. The van der Waals surface area contributed by atoms with Crippen molar-refractivity contribution in [2.24, 2.45) is 11.3 Å². The zero-order chi connectivity index (χ0) is 10.6. The largest absolute Gasteiger partial charge is 0.397 e. The highest BCUT2D eigenvalue weighted by molar-refractivity contribution is 5.66. The molecule has 3 heteroatoms. The van der Waals surface area contributed by atoms with Gasteiger partial charge in [-0.05, 0) is 17.8 Å². The van der Waals surface area contributed by atoms with E-state index in [0.717, 1.165) is 6.42 Å². The average molecular weight is 189 g/mol. The number of hydrogen-bond acceptors (Lipinski definition) is 1. The normalized spacial score (nSPS) is 14.4. The second-order valence-corrected chi connectivity index (χ2v) is 4.97. The van der Waals surface area contributed by atoms with Crippen molar-refractivity contribution in [3.05, 3.63) is 0 Å². The van der Waals surface area contributed by atoms with Gasteiger partial charge in [-0.3, -0.25) is 0 Å². The van der Waals surface area contributed by atoms with Gasteiger partial charge in [0.1, 0.15) is 0 Å². The van der Waals surface area contributed by atoms with E-state index >= 15 is 0 Å². The van der Waals surface area contributed by atoms with E-state index in [9.17, 15) is 9.18 Å². The van der Waals surface area contributed by atoms with Gasteiger partial charge in [-0.25, -0.2) is 4.79 Å². The van der Waals surface area contributed by atoms with Crippen LogP contribution in [0.1, 0.15) is 41.0 Å². The van der Waals surface area contributed by atoms with Crippen LogP contribution in [0, 0.1) is 11.3 Å². The molecule has 1 unspecified atom stereocenters. The molecule has 0 aromatic carbocycles. The Morgan fingerprint density at radius 1 is 1.38 bits per heavy atom. The molecule has 13 heavy (non-hydrogen) atoms. The topological polar surface area (TPSA) is 29.1 Å². The maximum atomic E-state index is 12.2. The number of nitrogens with one attached hydrogen (secondary N) is 1. The van der Waals surface area contributed by atoms with Gasteiger partial charge in [-0.1, -0.05) is 34.6 Å². The van der Waals surface area contributed by atoms with Crippen molar-refractivity contribution < 1.29 is 9.18 Å². The van der Waals surface area contributed by atoms with E-state index in [1.165, 1.54) is 0 Å². The lowest BCUT2D eigenvalue weighted by Gasteiger charge is -2.31. The summed E-state index contributed by atoms with van der Waals surface area (Å²) in [6.45, 7) is 10.1. The summed E-state index contributed by atoms with van der Waals surface area (Å²) in [7, 11) is 0. The summed E-state index contributed by atoms with van der Waals surface area (Å²) in [5, 5.41) is 2.35. The molecular weight excluding hydrogens is 169 g/mol. The van der Waals surface area contributed by atoms with Gasteiger partial charge in [0.05, 0.1) is 0 Å². The molecule has 0 heterocycles. The van der Waals surface area contributed by atoms with E-state index in [4.69, 9.17) is 0 Å². The van der Waals surface area contributed by atoms with E-state index in [0.29, 0.717) is 5.92 Å². The minimum atomic E-state index is -1.43. The molecule has 0 fully saturated rings. The number of rotatable bonds is 3. The molecule has 0 spiro atoms. The van der Waals surface area contributed by atoms with Crippen LogP contribution in [0.5, 0.6) is 0 Å². The van der Waals surface area contributed by atoms with E-state index in [1.807, 2.05) is 20.8 Å². The summed E-state index contributed by atoms with van der Waals surface area (Å²) in [5.41, 5.74) is -0.0913. The second kappa shape index (κ2) is 4.58. The van der Waals surface area contributed by atoms with E-state index in [-0.39, 0.29) is 11.5 Å². The Kier molecular flexibility index (Phi) is 4.37. The lowest BCUT2D eigenvalue weighted by atomic mass is 9.82. The van der Waals surface area contributed by atoms with Gasteiger partial charge in [0.25, 0.3) is 0 Å². The van der Waals surface area contributed by atoms with Crippen molar-refractivity contribution >= 4 is 6.16 Å². The fourth-order valence-electron chi connectivity index (χ4n) is 1.24. The molecule has 78 valence electrons. The van der Waals surface area contributed by atoms with Gasteiger partial charge < -0.3 is 5.32 Å². The molecule has 2 nitrogen and oxygen atoms in total. The number of carbonyl (C=O) groups is 1. The van der Waals surface area contributed by atoms with Crippen molar-refractivity contribution in [2.75, 3.05) is 0 Å². The fourth-order valence-corrected chi connectivity index (χ4v) is 1.24. The first-order chi connectivity index (χ1) is 5.73. The Morgan fingerprint density at radius 3 is 2.08 bits per heavy atom.